The van der Waals surface area contributed by atoms with Gasteiger partial charge in [-0.3, -0.25) is 0 Å². The highest BCUT2D eigenvalue weighted by molar-refractivity contribution is 6.30. The summed E-state index contributed by atoms with van der Waals surface area (Å²) in [5.74, 6) is -0.0177. The lowest BCUT2D eigenvalue weighted by Crippen LogP contribution is -2.03. The average Bonchev–Trinajstić information content (AvgIpc) is 2.73. The Morgan fingerprint density at radius 3 is 2.21 bits per heavy atom. The van der Waals surface area contributed by atoms with Gasteiger partial charge in [-0.1, -0.05) is 66.2 Å². The third-order valence-corrected chi connectivity index (χ3v) is 4.15. The normalized spacial score (nSPS) is 11.2. The smallest absolute Gasteiger partial charge is 0.336 e. The summed E-state index contributed by atoms with van der Waals surface area (Å²) < 4.78 is 5.29. The summed E-state index contributed by atoms with van der Waals surface area (Å²) in [4.78, 5) is 11.9. The van der Waals surface area contributed by atoms with Crippen molar-refractivity contribution in [1.29, 1.82) is 5.26 Å². The molecule has 0 saturated carbocycles. The van der Waals surface area contributed by atoms with Gasteiger partial charge in [0.15, 0.2) is 0 Å². The number of hydrogen-bond acceptors (Lipinski definition) is 3. The van der Waals surface area contributed by atoms with E-state index in [1.54, 1.807) is 60.7 Å². The van der Waals surface area contributed by atoms with E-state index in [1.807, 2.05) is 30.3 Å². The number of esters is 1. The molecule has 0 aliphatic rings. The van der Waals surface area contributed by atoms with Gasteiger partial charge >= 0.3 is 5.97 Å². The molecule has 0 N–H and O–H groups in total. The SMILES string of the molecule is N#C/C(=C\c1ccc(OC(=O)/C=C/c2ccccc2)cc1)c1ccc(Cl)cc1. The van der Waals surface area contributed by atoms with Crippen molar-refractivity contribution in [2.24, 2.45) is 0 Å². The van der Waals surface area contributed by atoms with Crippen LogP contribution in [-0.2, 0) is 4.79 Å². The van der Waals surface area contributed by atoms with Crippen LogP contribution in [0.4, 0.5) is 0 Å². The fraction of sp³-hybridized carbons (Fsp3) is 0. The molecule has 136 valence electrons. The van der Waals surface area contributed by atoms with Crippen molar-refractivity contribution in [3.8, 4) is 11.8 Å². The molecule has 0 spiro atoms. The van der Waals surface area contributed by atoms with E-state index in [4.69, 9.17) is 16.3 Å². The fourth-order valence-corrected chi connectivity index (χ4v) is 2.61. The lowest BCUT2D eigenvalue weighted by Gasteiger charge is -2.03. The van der Waals surface area contributed by atoms with Gasteiger partial charge in [-0.25, -0.2) is 4.79 Å². The number of ether oxygens (including phenoxy) is 1. The molecule has 0 amide bonds. The Labute approximate surface area is 168 Å². The summed E-state index contributed by atoms with van der Waals surface area (Å²) in [5.41, 5.74) is 3.05. The molecule has 3 aromatic carbocycles. The first-order valence-corrected chi connectivity index (χ1v) is 8.94. The lowest BCUT2D eigenvalue weighted by molar-refractivity contribution is -0.128. The Balaban J connectivity index is 1.67. The van der Waals surface area contributed by atoms with Crippen LogP contribution in [0.1, 0.15) is 16.7 Å². The lowest BCUT2D eigenvalue weighted by atomic mass is 10.0. The zero-order valence-electron chi connectivity index (χ0n) is 14.9. The molecular weight excluding hydrogens is 370 g/mol. The van der Waals surface area contributed by atoms with Crippen molar-refractivity contribution in [1.82, 2.24) is 0 Å². The molecule has 0 heterocycles. The predicted octanol–water partition coefficient (Wildman–Crippen LogP) is 6.02. The standard InChI is InChI=1S/C24H16ClNO2/c25-22-11-9-20(10-12-22)21(17-26)16-19-6-13-23(14-7-19)28-24(27)15-8-18-4-2-1-3-5-18/h1-16H/b15-8+,21-16+. The molecule has 0 radical (unpaired) electrons. The summed E-state index contributed by atoms with van der Waals surface area (Å²) in [6.07, 6.45) is 4.85. The summed E-state index contributed by atoms with van der Waals surface area (Å²) in [6, 6.07) is 25.7. The first kappa shape index (κ1) is 19.2. The maximum Gasteiger partial charge on any atom is 0.336 e. The van der Waals surface area contributed by atoms with Gasteiger partial charge in [-0.2, -0.15) is 5.26 Å². The molecule has 0 unspecified atom stereocenters. The summed E-state index contributed by atoms with van der Waals surface area (Å²) in [7, 11) is 0. The van der Waals surface area contributed by atoms with Gasteiger partial charge in [0.2, 0.25) is 0 Å². The van der Waals surface area contributed by atoms with Crippen LogP contribution >= 0.6 is 11.6 Å². The van der Waals surface area contributed by atoms with Gasteiger partial charge in [0.1, 0.15) is 5.75 Å². The molecule has 3 aromatic rings. The summed E-state index contributed by atoms with van der Waals surface area (Å²) in [6.45, 7) is 0. The number of nitriles is 1. The van der Waals surface area contributed by atoms with E-state index in [0.29, 0.717) is 16.3 Å². The number of benzene rings is 3. The van der Waals surface area contributed by atoms with Gasteiger partial charge in [0.05, 0.1) is 11.6 Å². The molecule has 0 aliphatic carbocycles. The third kappa shape index (κ3) is 5.44. The first-order chi connectivity index (χ1) is 13.6. The van der Waals surface area contributed by atoms with E-state index in [9.17, 15) is 10.1 Å². The monoisotopic (exact) mass is 385 g/mol. The minimum atomic E-state index is -0.453. The number of nitrogens with zero attached hydrogens (tertiary/aromatic N) is 1. The quantitative estimate of drug-likeness (QED) is 0.177. The van der Waals surface area contributed by atoms with E-state index >= 15 is 0 Å². The number of halogens is 1. The van der Waals surface area contributed by atoms with E-state index < -0.39 is 5.97 Å². The molecule has 0 aliphatic heterocycles. The van der Waals surface area contributed by atoms with E-state index in [0.717, 1.165) is 16.7 Å². The van der Waals surface area contributed by atoms with Crippen molar-refractivity contribution < 1.29 is 9.53 Å². The minimum absolute atomic E-state index is 0.435. The Bertz CT molecular complexity index is 1040. The van der Waals surface area contributed by atoms with Crippen molar-refractivity contribution in [2.45, 2.75) is 0 Å². The fourth-order valence-electron chi connectivity index (χ4n) is 2.49. The van der Waals surface area contributed by atoms with E-state index in [1.165, 1.54) is 6.08 Å². The Morgan fingerprint density at radius 1 is 0.893 bits per heavy atom. The van der Waals surface area contributed by atoms with Crippen molar-refractivity contribution in [2.75, 3.05) is 0 Å². The second kappa shape index (κ2) is 9.36. The number of rotatable bonds is 5. The Morgan fingerprint density at radius 2 is 1.57 bits per heavy atom. The van der Waals surface area contributed by atoms with Gasteiger partial charge in [0.25, 0.3) is 0 Å². The molecule has 0 bridgehead atoms. The third-order valence-electron chi connectivity index (χ3n) is 3.90. The Kier molecular flexibility index (Phi) is 6.41. The van der Waals surface area contributed by atoms with Crippen LogP contribution in [0.25, 0.3) is 17.7 Å². The van der Waals surface area contributed by atoms with Crippen LogP contribution in [0.2, 0.25) is 5.02 Å². The zero-order valence-corrected chi connectivity index (χ0v) is 15.6. The highest BCUT2D eigenvalue weighted by Crippen LogP contribution is 2.21. The molecule has 0 aromatic heterocycles. The van der Waals surface area contributed by atoms with Crippen LogP contribution in [0, 0.1) is 11.3 Å². The predicted molar refractivity (Wildman–Crippen MR) is 112 cm³/mol. The zero-order chi connectivity index (χ0) is 19.8. The van der Waals surface area contributed by atoms with Crippen LogP contribution in [0.15, 0.2) is 84.9 Å². The molecule has 4 heteroatoms. The highest BCUT2D eigenvalue weighted by atomic mass is 35.5. The second-order valence-corrected chi connectivity index (χ2v) is 6.35. The number of hydrogen-bond donors (Lipinski definition) is 0. The maximum absolute atomic E-state index is 11.9. The van der Waals surface area contributed by atoms with Crippen LogP contribution in [0.5, 0.6) is 5.75 Å². The van der Waals surface area contributed by atoms with Crippen molar-refractivity contribution in [3.05, 3.63) is 107 Å². The first-order valence-electron chi connectivity index (χ1n) is 8.57. The summed E-state index contributed by atoms with van der Waals surface area (Å²) in [5, 5.41) is 10.0. The summed E-state index contributed by atoms with van der Waals surface area (Å²) >= 11 is 5.89. The van der Waals surface area contributed by atoms with Crippen LogP contribution in [-0.4, -0.2) is 5.97 Å². The van der Waals surface area contributed by atoms with Crippen LogP contribution in [0.3, 0.4) is 0 Å². The van der Waals surface area contributed by atoms with Gasteiger partial charge in [-0.15, -0.1) is 0 Å². The molecule has 0 fully saturated rings. The second-order valence-electron chi connectivity index (χ2n) is 5.91. The Hall–Kier alpha value is -3.61. The average molecular weight is 386 g/mol. The van der Waals surface area contributed by atoms with Gasteiger partial charge < -0.3 is 4.74 Å². The van der Waals surface area contributed by atoms with Crippen LogP contribution < -0.4 is 4.74 Å². The number of allylic oxidation sites excluding steroid dienone is 1. The molecule has 28 heavy (non-hydrogen) atoms. The minimum Gasteiger partial charge on any atom is -0.423 e. The number of carbonyl (C=O) groups is 1. The molecular formula is C24H16ClNO2. The van der Waals surface area contributed by atoms with Crippen molar-refractivity contribution in [3.63, 3.8) is 0 Å². The molecule has 0 saturated heterocycles. The van der Waals surface area contributed by atoms with E-state index in [2.05, 4.69) is 6.07 Å². The van der Waals surface area contributed by atoms with Gasteiger partial charge in [0, 0.05) is 11.1 Å². The van der Waals surface area contributed by atoms with E-state index in [-0.39, 0.29) is 0 Å². The number of carbonyl (C=O) groups excluding carboxylic acids is 1. The largest absolute Gasteiger partial charge is 0.423 e. The molecule has 3 rings (SSSR count). The maximum atomic E-state index is 11.9. The molecule has 0 atom stereocenters. The van der Waals surface area contributed by atoms with Crippen molar-refractivity contribution >= 4 is 35.3 Å². The topological polar surface area (TPSA) is 50.1 Å². The highest BCUT2D eigenvalue weighted by Gasteiger charge is 2.03. The van der Waals surface area contributed by atoms with Gasteiger partial charge in [-0.05, 0) is 53.1 Å². The molecule has 3 nitrogen and oxygen atoms in total.